The van der Waals surface area contributed by atoms with E-state index in [0.717, 1.165) is 13.1 Å². The predicted molar refractivity (Wildman–Crippen MR) is 102 cm³/mol. The first-order chi connectivity index (χ1) is 13.1. The van der Waals surface area contributed by atoms with Gasteiger partial charge in [0.1, 0.15) is 17.5 Å². The van der Waals surface area contributed by atoms with Crippen LogP contribution in [0.25, 0.3) is 0 Å². The summed E-state index contributed by atoms with van der Waals surface area (Å²) < 4.78 is 5.71. The van der Waals surface area contributed by atoms with Gasteiger partial charge in [-0.25, -0.2) is 0 Å². The van der Waals surface area contributed by atoms with E-state index in [-0.39, 0.29) is 17.9 Å². The van der Waals surface area contributed by atoms with E-state index < -0.39 is 0 Å². The van der Waals surface area contributed by atoms with E-state index >= 15 is 0 Å². The van der Waals surface area contributed by atoms with Crippen molar-refractivity contribution in [1.29, 1.82) is 5.26 Å². The number of nitriles is 1. The van der Waals surface area contributed by atoms with Gasteiger partial charge in [0.05, 0.1) is 12.3 Å². The van der Waals surface area contributed by atoms with Crippen LogP contribution in [0.3, 0.4) is 0 Å². The fourth-order valence-corrected chi connectivity index (χ4v) is 3.25. The smallest absolute Gasteiger partial charge is 0.253 e. The third-order valence-corrected chi connectivity index (χ3v) is 4.73. The summed E-state index contributed by atoms with van der Waals surface area (Å²) in [6.45, 7) is 6.84. The number of hydrogen-bond acceptors (Lipinski definition) is 5. The highest BCUT2D eigenvalue weighted by Gasteiger charge is 2.28. The Bertz CT molecular complexity index is 791. The number of ether oxygens (including phenoxy) is 1. The molecule has 1 amide bonds. The van der Waals surface area contributed by atoms with Crippen molar-refractivity contribution in [3.05, 3.63) is 54.4 Å². The van der Waals surface area contributed by atoms with E-state index in [1.54, 1.807) is 36.7 Å². The predicted octanol–water partition coefficient (Wildman–Crippen LogP) is 3.18. The maximum Gasteiger partial charge on any atom is 0.253 e. The van der Waals surface area contributed by atoms with Gasteiger partial charge < -0.3 is 9.64 Å². The van der Waals surface area contributed by atoms with Gasteiger partial charge in [-0.15, -0.1) is 0 Å². The van der Waals surface area contributed by atoms with Gasteiger partial charge in [0.2, 0.25) is 0 Å². The minimum atomic E-state index is -0.0915. The first-order valence-corrected chi connectivity index (χ1v) is 9.19. The summed E-state index contributed by atoms with van der Waals surface area (Å²) in [5.41, 5.74) is 0.641. The lowest BCUT2D eigenvalue weighted by atomic mass is 10.0. The van der Waals surface area contributed by atoms with Crippen LogP contribution in [0.5, 0.6) is 11.5 Å². The normalized spacial score (nSPS) is 16.0. The van der Waals surface area contributed by atoms with Crippen LogP contribution in [0.15, 0.2) is 48.8 Å². The van der Waals surface area contributed by atoms with Crippen LogP contribution in [0, 0.1) is 17.2 Å². The second kappa shape index (κ2) is 8.65. The molecule has 0 aliphatic carbocycles. The fourth-order valence-electron chi connectivity index (χ4n) is 3.25. The van der Waals surface area contributed by atoms with E-state index in [1.807, 2.05) is 17.0 Å². The molecule has 2 aromatic rings. The van der Waals surface area contributed by atoms with Gasteiger partial charge in [0.25, 0.3) is 5.91 Å². The van der Waals surface area contributed by atoms with Crippen LogP contribution in [-0.2, 0) is 0 Å². The minimum absolute atomic E-state index is 0.0145. The minimum Gasteiger partial charge on any atom is -0.456 e. The lowest BCUT2D eigenvalue weighted by molar-refractivity contribution is 0.0576. The molecule has 1 unspecified atom stereocenters. The van der Waals surface area contributed by atoms with Crippen LogP contribution in [0.2, 0.25) is 0 Å². The molecule has 2 heterocycles. The summed E-state index contributed by atoms with van der Waals surface area (Å²) >= 11 is 0. The van der Waals surface area contributed by atoms with Crippen LogP contribution >= 0.6 is 0 Å². The molecule has 1 aliphatic rings. The SMILES string of the molecule is CC(C)C(C#N)N1CCN(C(=O)c2ccc(Oc3cccnc3)cc2)CC1. The molecule has 0 saturated carbocycles. The highest BCUT2D eigenvalue weighted by molar-refractivity contribution is 5.94. The van der Waals surface area contributed by atoms with Crippen LogP contribution in [0.4, 0.5) is 0 Å². The molecule has 1 fully saturated rings. The molecule has 6 nitrogen and oxygen atoms in total. The van der Waals surface area contributed by atoms with Crippen molar-refractivity contribution in [2.24, 2.45) is 5.92 Å². The Kier molecular flexibility index (Phi) is 6.05. The zero-order chi connectivity index (χ0) is 19.2. The third-order valence-electron chi connectivity index (χ3n) is 4.73. The molecule has 1 aliphatic heterocycles. The Hall–Kier alpha value is -2.91. The first-order valence-electron chi connectivity index (χ1n) is 9.19. The first kappa shape index (κ1) is 18.9. The molecule has 0 spiro atoms. The number of hydrogen-bond donors (Lipinski definition) is 0. The summed E-state index contributed by atoms with van der Waals surface area (Å²) in [6, 6.07) is 13.1. The molecule has 3 rings (SSSR count). The highest BCUT2D eigenvalue weighted by atomic mass is 16.5. The molecule has 6 heteroatoms. The van der Waals surface area contributed by atoms with Gasteiger partial charge in [-0.3, -0.25) is 14.7 Å². The van der Waals surface area contributed by atoms with E-state index in [9.17, 15) is 10.1 Å². The molecule has 0 radical (unpaired) electrons. The molecule has 1 atom stereocenters. The van der Waals surface area contributed by atoms with Gasteiger partial charge in [-0.05, 0) is 42.3 Å². The molecule has 1 aromatic heterocycles. The van der Waals surface area contributed by atoms with Gasteiger partial charge in [-0.2, -0.15) is 5.26 Å². The van der Waals surface area contributed by atoms with Crippen molar-refractivity contribution < 1.29 is 9.53 Å². The number of benzene rings is 1. The van der Waals surface area contributed by atoms with Gasteiger partial charge >= 0.3 is 0 Å². The topological polar surface area (TPSA) is 69.5 Å². The third kappa shape index (κ3) is 4.63. The van der Waals surface area contributed by atoms with E-state index in [4.69, 9.17) is 4.74 Å². The summed E-state index contributed by atoms with van der Waals surface area (Å²) in [4.78, 5) is 20.8. The summed E-state index contributed by atoms with van der Waals surface area (Å²) in [5.74, 6) is 1.62. The molecular formula is C21H24N4O2. The number of aromatic nitrogens is 1. The average Bonchev–Trinajstić information content (AvgIpc) is 2.70. The molecule has 1 aromatic carbocycles. The molecule has 1 saturated heterocycles. The number of carbonyl (C=O) groups is 1. The fraction of sp³-hybridized carbons (Fsp3) is 0.381. The summed E-state index contributed by atoms with van der Waals surface area (Å²) in [6.07, 6.45) is 3.33. The standard InChI is InChI=1S/C21H24N4O2/c1-16(2)20(14-22)24-10-12-25(13-11-24)21(26)17-5-7-18(8-6-17)27-19-4-3-9-23-15-19/h3-9,15-16,20H,10-13H2,1-2H3. The highest BCUT2D eigenvalue weighted by Crippen LogP contribution is 2.21. The van der Waals surface area contributed by atoms with Crippen molar-refractivity contribution in [3.8, 4) is 17.6 Å². The monoisotopic (exact) mass is 364 g/mol. The number of pyridine rings is 1. The quantitative estimate of drug-likeness (QED) is 0.815. The van der Waals surface area contributed by atoms with Crippen molar-refractivity contribution >= 4 is 5.91 Å². The average molecular weight is 364 g/mol. The lowest BCUT2D eigenvalue weighted by Crippen LogP contribution is -2.52. The van der Waals surface area contributed by atoms with Crippen LogP contribution in [0.1, 0.15) is 24.2 Å². The number of rotatable bonds is 5. The Morgan fingerprint density at radius 1 is 1.11 bits per heavy atom. The zero-order valence-corrected chi connectivity index (χ0v) is 15.7. The second-order valence-corrected chi connectivity index (χ2v) is 6.96. The lowest BCUT2D eigenvalue weighted by Gasteiger charge is -2.38. The summed E-state index contributed by atoms with van der Waals surface area (Å²) in [7, 11) is 0. The van der Waals surface area contributed by atoms with Gasteiger partial charge in [-0.1, -0.05) is 13.8 Å². The number of piperazine rings is 1. The van der Waals surface area contributed by atoms with Crippen LogP contribution < -0.4 is 4.74 Å². The number of carbonyl (C=O) groups excluding carboxylic acids is 1. The Labute approximate surface area is 160 Å². The summed E-state index contributed by atoms with van der Waals surface area (Å²) in [5, 5.41) is 9.35. The number of nitrogens with zero attached hydrogens (tertiary/aromatic N) is 4. The van der Waals surface area contributed by atoms with Crippen molar-refractivity contribution in [2.75, 3.05) is 26.2 Å². The van der Waals surface area contributed by atoms with E-state index in [0.29, 0.717) is 30.2 Å². The Morgan fingerprint density at radius 3 is 2.37 bits per heavy atom. The van der Waals surface area contributed by atoms with Crippen LogP contribution in [-0.4, -0.2) is 52.9 Å². The van der Waals surface area contributed by atoms with E-state index in [1.165, 1.54) is 0 Å². The molecule has 0 N–H and O–H groups in total. The molecule has 0 bridgehead atoms. The largest absolute Gasteiger partial charge is 0.456 e. The second-order valence-electron chi connectivity index (χ2n) is 6.96. The maximum atomic E-state index is 12.7. The van der Waals surface area contributed by atoms with Crippen molar-refractivity contribution in [1.82, 2.24) is 14.8 Å². The van der Waals surface area contributed by atoms with Gasteiger partial charge in [0, 0.05) is 37.9 Å². The van der Waals surface area contributed by atoms with Crippen molar-refractivity contribution in [3.63, 3.8) is 0 Å². The maximum absolute atomic E-state index is 12.7. The Morgan fingerprint density at radius 2 is 1.81 bits per heavy atom. The zero-order valence-electron chi connectivity index (χ0n) is 15.7. The Balaban J connectivity index is 1.58. The molecular weight excluding hydrogens is 340 g/mol. The van der Waals surface area contributed by atoms with Gasteiger partial charge in [0.15, 0.2) is 0 Å². The number of amides is 1. The molecule has 27 heavy (non-hydrogen) atoms. The van der Waals surface area contributed by atoms with E-state index in [2.05, 4.69) is 29.8 Å². The molecule has 140 valence electrons. The van der Waals surface area contributed by atoms with Crippen molar-refractivity contribution in [2.45, 2.75) is 19.9 Å².